The van der Waals surface area contributed by atoms with Crippen LogP contribution >= 0.6 is 11.8 Å². The monoisotopic (exact) mass is 321 g/mol. The maximum atomic E-state index is 12.4. The highest BCUT2D eigenvalue weighted by atomic mass is 32.2. The standard InChI is InChI=1S/C15H15NO3S2/c1-11(17)12-6-5-7-13(10-12)21(18,19)16-14-8-3-4-9-15(14)20-2/h3-10,16H,1-2H3. The van der Waals surface area contributed by atoms with E-state index in [4.69, 9.17) is 0 Å². The first kappa shape index (κ1) is 15.6. The molecule has 4 nitrogen and oxygen atoms in total. The minimum absolute atomic E-state index is 0.0751. The summed E-state index contributed by atoms with van der Waals surface area (Å²) >= 11 is 1.46. The zero-order chi connectivity index (χ0) is 15.5. The average Bonchev–Trinajstić information content (AvgIpc) is 2.47. The fraction of sp³-hybridized carbons (Fsp3) is 0.133. The smallest absolute Gasteiger partial charge is 0.261 e. The van der Waals surface area contributed by atoms with Crippen molar-refractivity contribution in [3.8, 4) is 0 Å². The topological polar surface area (TPSA) is 63.2 Å². The molecule has 0 radical (unpaired) electrons. The second-order valence-electron chi connectivity index (χ2n) is 4.39. The number of para-hydroxylation sites is 1. The molecule has 1 N–H and O–H groups in total. The quantitative estimate of drug-likeness (QED) is 0.677. The molecule has 0 aliphatic rings. The van der Waals surface area contributed by atoms with Gasteiger partial charge in [-0.2, -0.15) is 0 Å². The lowest BCUT2D eigenvalue weighted by Crippen LogP contribution is -2.14. The van der Waals surface area contributed by atoms with Crippen LogP contribution in [0.4, 0.5) is 5.69 Å². The van der Waals surface area contributed by atoms with Gasteiger partial charge in [-0.25, -0.2) is 8.42 Å². The minimum atomic E-state index is -3.72. The van der Waals surface area contributed by atoms with Crippen molar-refractivity contribution in [3.63, 3.8) is 0 Å². The van der Waals surface area contributed by atoms with Crippen molar-refractivity contribution in [2.45, 2.75) is 16.7 Å². The number of anilines is 1. The molecule has 0 atom stereocenters. The van der Waals surface area contributed by atoms with E-state index in [1.807, 2.05) is 18.4 Å². The molecular weight excluding hydrogens is 306 g/mol. The maximum Gasteiger partial charge on any atom is 0.261 e. The zero-order valence-corrected chi connectivity index (χ0v) is 13.3. The van der Waals surface area contributed by atoms with Crippen molar-refractivity contribution in [3.05, 3.63) is 54.1 Å². The number of benzene rings is 2. The fourth-order valence-corrected chi connectivity index (χ4v) is 3.56. The summed E-state index contributed by atoms with van der Waals surface area (Å²) in [4.78, 5) is 12.3. The van der Waals surface area contributed by atoms with E-state index in [1.165, 1.54) is 30.8 Å². The number of carbonyl (C=O) groups excluding carboxylic acids is 1. The second kappa shape index (κ2) is 6.32. The third-order valence-corrected chi connectivity index (χ3v) is 5.06. The van der Waals surface area contributed by atoms with Gasteiger partial charge in [0.1, 0.15) is 0 Å². The number of nitrogens with one attached hydrogen (secondary N) is 1. The Labute approximate surface area is 128 Å². The van der Waals surface area contributed by atoms with Crippen molar-refractivity contribution < 1.29 is 13.2 Å². The Morgan fingerprint density at radius 3 is 2.48 bits per heavy atom. The predicted molar refractivity (Wildman–Crippen MR) is 85.5 cm³/mol. The van der Waals surface area contributed by atoms with Crippen LogP contribution in [-0.2, 0) is 10.0 Å². The first-order valence-corrected chi connectivity index (χ1v) is 8.91. The van der Waals surface area contributed by atoms with Gasteiger partial charge in [-0.05, 0) is 37.4 Å². The van der Waals surface area contributed by atoms with Gasteiger partial charge in [-0.3, -0.25) is 9.52 Å². The molecule has 0 unspecified atom stereocenters. The van der Waals surface area contributed by atoms with Crippen LogP contribution in [0, 0.1) is 0 Å². The van der Waals surface area contributed by atoms with Gasteiger partial charge >= 0.3 is 0 Å². The van der Waals surface area contributed by atoms with E-state index in [1.54, 1.807) is 24.3 Å². The van der Waals surface area contributed by atoms with Gasteiger partial charge in [0, 0.05) is 10.5 Å². The summed E-state index contributed by atoms with van der Waals surface area (Å²) in [5.74, 6) is -0.170. The molecule has 0 saturated heterocycles. The summed E-state index contributed by atoms with van der Waals surface area (Å²) in [6, 6.07) is 13.2. The molecule has 2 aromatic carbocycles. The van der Waals surface area contributed by atoms with Crippen molar-refractivity contribution in [1.82, 2.24) is 0 Å². The Bertz CT molecular complexity index is 770. The van der Waals surface area contributed by atoms with Gasteiger partial charge in [0.05, 0.1) is 10.6 Å². The van der Waals surface area contributed by atoms with Crippen LogP contribution in [0.3, 0.4) is 0 Å². The van der Waals surface area contributed by atoms with E-state index in [9.17, 15) is 13.2 Å². The van der Waals surface area contributed by atoms with E-state index in [0.717, 1.165) is 4.90 Å². The maximum absolute atomic E-state index is 12.4. The molecule has 110 valence electrons. The summed E-state index contributed by atoms with van der Waals surface area (Å²) in [6.07, 6.45) is 1.88. The molecule has 0 spiro atoms. The highest BCUT2D eigenvalue weighted by Gasteiger charge is 2.16. The Hall–Kier alpha value is -1.79. The van der Waals surface area contributed by atoms with Gasteiger partial charge in [0.2, 0.25) is 0 Å². The van der Waals surface area contributed by atoms with Crippen LogP contribution in [0.1, 0.15) is 17.3 Å². The van der Waals surface area contributed by atoms with Crippen molar-refractivity contribution in [2.75, 3.05) is 11.0 Å². The molecule has 0 bridgehead atoms. The lowest BCUT2D eigenvalue weighted by molar-refractivity contribution is 0.101. The van der Waals surface area contributed by atoms with Crippen LogP contribution < -0.4 is 4.72 Å². The Morgan fingerprint density at radius 2 is 1.81 bits per heavy atom. The number of thioether (sulfide) groups is 1. The van der Waals surface area contributed by atoms with Crippen LogP contribution in [0.25, 0.3) is 0 Å². The number of sulfonamides is 1. The summed E-state index contributed by atoms with van der Waals surface area (Å²) in [5.41, 5.74) is 0.897. The summed E-state index contributed by atoms with van der Waals surface area (Å²) in [5, 5.41) is 0. The van der Waals surface area contributed by atoms with Crippen LogP contribution in [0.15, 0.2) is 58.3 Å². The molecule has 6 heteroatoms. The SMILES string of the molecule is CSc1ccccc1NS(=O)(=O)c1cccc(C(C)=O)c1. The number of carbonyl (C=O) groups is 1. The molecule has 0 aliphatic heterocycles. The first-order valence-electron chi connectivity index (χ1n) is 6.21. The average molecular weight is 321 g/mol. The van der Waals surface area contributed by atoms with Gasteiger partial charge in [0.15, 0.2) is 5.78 Å². The molecule has 0 amide bonds. The number of hydrogen-bond acceptors (Lipinski definition) is 4. The molecule has 2 aromatic rings. The predicted octanol–water partition coefficient (Wildman–Crippen LogP) is 3.41. The Balaban J connectivity index is 2.39. The van der Waals surface area contributed by atoms with Crippen molar-refractivity contribution >= 4 is 33.3 Å². The van der Waals surface area contributed by atoms with E-state index in [2.05, 4.69) is 4.72 Å². The molecular formula is C15H15NO3S2. The molecule has 0 aliphatic carbocycles. The largest absolute Gasteiger partial charge is 0.295 e. The van der Waals surface area contributed by atoms with E-state index in [0.29, 0.717) is 11.3 Å². The van der Waals surface area contributed by atoms with Crippen LogP contribution in [0.5, 0.6) is 0 Å². The molecule has 2 rings (SSSR count). The second-order valence-corrected chi connectivity index (χ2v) is 6.92. The lowest BCUT2D eigenvalue weighted by Gasteiger charge is -2.11. The number of rotatable bonds is 5. The highest BCUT2D eigenvalue weighted by Crippen LogP contribution is 2.27. The molecule has 0 fully saturated rings. The summed E-state index contributed by atoms with van der Waals surface area (Å²) in [7, 11) is -3.72. The van der Waals surface area contributed by atoms with E-state index >= 15 is 0 Å². The fourth-order valence-electron chi connectivity index (χ4n) is 1.81. The summed E-state index contributed by atoms with van der Waals surface area (Å²) < 4.78 is 27.4. The zero-order valence-electron chi connectivity index (χ0n) is 11.7. The number of ketones is 1. The van der Waals surface area contributed by atoms with Gasteiger partial charge in [0.25, 0.3) is 10.0 Å². The van der Waals surface area contributed by atoms with Crippen molar-refractivity contribution in [1.29, 1.82) is 0 Å². The summed E-state index contributed by atoms with van der Waals surface area (Å²) in [6.45, 7) is 1.40. The first-order chi connectivity index (χ1) is 9.94. The van der Waals surface area contributed by atoms with E-state index < -0.39 is 10.0 Å². The normalized spacial score (nSPS) is 11.1. The molecule has 0 aromatic heterocycles. The third kappa shape index (κ3) is 3.65. The number of hydrogen-bond donors (Lipinski definition) is 1. The van der Waals surface area contributed by atoms with Gasteiger partial charge in [-0.1, -0.05) is 24.3 Å². The molecule has 0 saturated carbocycles. The van der Waals surface area contributed by atoms with Crippen LogP contribution in [-0.4, -0.2) is 20.5 Å². The van der Waals surface area contributed by atoms with Crippen LogP contribution in [0.2, 0.25) is 0 Å². The molecule has 0 heterocycles. The Kier molecular flexibility index (Phi) is 4.69. The number of Topliss-reactive ketones (excluding diaryl/α,β-unsaturated/α-hetero) is 1. The van der Waals surface area contributed by atoms with Gasteiger partial charge < -0.3 is 0 Å². The van der Waals surface area contributed by atoms with Gasteiger partial charge in [-0.15, -0.1) is 11.8 Å². The lowest BCUT2D eigenvalue weighted by atomic mass is 10.2. The van der Waals surface area contributed by atoms with Crippen molar-refractivity contribution in [2.24, 2.45) is 0 Å². The van der Waals surface area contributed by atoms with E-state index in [-0.39, 0.29) is 10.7 Å². The highest BCUT2D eigenvalue weighted by molar-refractivity contribution is 7.99. The third-order valence-electron chi connectivity index (χ3n) is 2.90. The molecule has 21 heavy (non-hydrogen) atoms. The Morgan fingerprint density at radius 1 is 1.10 bits per heavy atom. The minimum Gasteiger partial charge on any atom is -0.295 e.